The number of nitrogens with one attached hydrogen (secondary N) is 2. The Balaban J connectivity index is 1.71. The van der Waals surface area contributed by atoms with E-state index in [2.05, 4.69) is 26.6 Å². The second kappa shape index (κ2) is 7.15. The Morgan fingerprint density at radius 2 is 1.96 bits per heavy atom. The van der Waals surface area contributed by atoms with Gasteiger partial charge in [0.15, 0.2) is 0 Å². The third kappa shape index (κ3) is 3.56. The molecule has 1 unspecified atom stereocenters. The lowest BCUT2D eigenvalue weighted by molar-refractivity contribution is -0.135. The van der Waals surface area contributed by atoms with Gasteiger partial charge in [0.2, 0.25) is 5.91 Å². The van der Waals surface area contributed by atoms with Crippen molar-refractivity contribution in [3.8, 4) is 0 Å². The van der Waals surface area contributed by atoms with Crippen LogP contribution < -0.4 is 10.6 Å². The van der Waals surface area contributed by atoms with Crippen LogP contribution in [0.3, 0.4) is 0 Å². The lowest BCUT2D eigenvalue weighted by atomic mass is 9.92. The quantitative estimate of drug-likeness (QED) is 0.752. The monoisotopic (exact) mass is 407 g/mol. The van der Waals surface area contributed by atoms with Gasteiger partial charge in [0.1, 0.15) is 12.1 Å². The molecule has 134 valence electrons. The Hall–Kier alpha value is -1.89. The number of hydrogen-bond donors (Lipinski definition) is 2. The number of nitrogens with zero attached hydrogens (tertiary/aromatic N) is 1. The number of urea groups is 1. The number of benzene rings is 1. The SMILES string of the molecule is CC1(c2ccccc2Br)NC(=O)N(CC(=O)NC2CCCCC2)C1=O. The van der Waals surface area contributed by atoms with E-state index >= 15 is 0 Å². The van der Waals surface area contributed by atoms with E-state index in [-0.39, 0.29) is 18.5 Å². The van der Waals surface area contributed by atoms with Gasteiger partial charge in [-0.25, -0.2) is 4.79 Å². The largest absolute Gasteiger partial charge is 0.352 e. The number of hydrogen-bond acceptors (Lipinski definition) is 3. The minimum atomic E-state index is -1.18. The molecular weight excluding hydrogens is 386 g/mol. The molecule has 1 aliphatic heterocycles. The van der Waals surface area contributed by atoms with Crippen molar-refractivity contribution in [1.29, 1.82) is 0 Å². The van der Waals surface area contributed by atoms with Gasteiger partial charge in [-0.1, -0.05) is 53.4 Å². The predicted molar refractivity (Wildman–Crippen MR) is 96.8 cm³/mol. The predicted octanol–water partition coefficient (Wildman–Crippen LogP) is 2.67. The third-order valence-electron chi connectivity index (χ3n) is 4.96. The highest BCUT2D eigenvalue weighted by Gasteiger charge is 2.50. The van der Waals surface area contributed by atoms with Crippen LogP contribution in [0.25, 0.3) is 0 Å². The molecule has 1 saturated heterocycles. The van der Waals surface area contributed by atoms with Crippen LogP contribution in [0, 0.1) is 0 Å². The maximum Gasteiger partial charge on any atom is 0.325 e. The first-order chi connectivity index (χ1) is 11.9. The van der Waals surface area contributed by atoms with Gasteiger partial charge in [-0.3, -0.25) is 14.5 Å². The summed E-state index contributed by atoms with van der Waals surface area (Å²) < 4.78 is 0.736. The summed E-state index contributed by atoms with van der Waals surface area (Å²) in [6.45, 7) is 1.41. The van der Waals surface area contributed by atoms with Crippen molar-refractivity contribution in [3.05, 3.63) is 34.3 Å². The van der Waals surface area contributed by atoms with Crippen LogP contribution in [0.4, 0.5) is 4.79 Å². The molecule has 1 saturated carbocycles. The van der Waals surface area contributed by atoms with Crippen LogP contribution in [0.1, 0.15) is 44.6 Å². The topological polar surface area (TPSA) is 78.5 Å². The number of halogens is 1. The summed E-state index contributed by atoms with van der Waals surface area (Å²) >= 11 is 3.42. The van der Waals surface area contributed by atoms with Crippen LogP contribution >= 0.6 is 15.9 Å². The first kappa shape index (κ1) is 17.9. The molecule has 2 aliphatic rings. The molecule has 0 spiro atoms. The molecule has 25 heavy (non-hydrogen) atoms. The molecule has 6 nitrogen and oxygen atoms in total. The van der Waals surface area contributed by atoms with E-state index in [1.54, 1.807) is 13.0 Å². The lowest BCUT2D eigenvalue weighted by Gasteiger charge is -2.25. The van der Waals surface area contributed by atoms with Gasteiger partial charge in [-0.15, -0.1) is 0 Å². The van der Waals surface area contributed by atoms with E-state index in [1.165, 1.54) is 6.42 Å². The molecule has 4 amide bonds. The van der Waals surface area contributed by atoms with Crippen molar-refractivity contribution in [1.82, 2.24) is 15.5 Å². The fourth-order valence-corrected chi connectivity index (χ4v) is 4.23. The van der Waals surface area contributed by atoms with Gasteiger partial charge < -0.3 is 10.6 Å². The smallest absolute Gasteiger partial charge is 0.325 e. The molecule has 3 rings (SSSR count). The van der Waals surface area contributed by atoms with Crippen molar-refractivity contribution in [2.45, 2.75) is 50.6 Å². The molecule has 0 aromatic heterocycles. The first-order valence-corrected chi connectivity index (χ1v) is 9.39. The van der Waals surface area contributed by atoms with Gasteiger partial charge in [-0.2, -0.15) is 0 Å². The average Bonchev–Trinajstić information content (AvgIpc) is 2.80. The molecule has 0 radical (unpaired) electrons. The molecule has 0 bridgehead atoms. The summed E-state index contributed by atoms with van der Waals surface area (Å²) in [5, 5.41) is 5.67. The number of carbonyl (C=O) groups is 3. The van der Waals surface area contributed by atoms with E-state index in [0.717, 1.165) is 35.1 Å². The van der Waals surface area contributed by atoms with Gasteiger partial charge >= 0.3 is 6.03 Å². The Labute approximate surface area is 155 Å². The van der Waals surface area contributed by atoms with Crippen LogP contribution in [0.15, 0.2) is 28.7 Å². The number of imide groups is 1. The first-order valence-electron chi connectivity index (χ1n) is 8.60. The summed E-state index contributed by atoms with van der Waals surface area (Å²) in [5.74, 6) is -0.699. The highest BCUT2D eigenvalue weighted by Crippen LogP contribution is 2.33. The summed E-state index contributed by atoms with van der Waals surface area (Å²) in [7, 11) is 0. The Kier molecular flexibility index (Phi) is 5.13. The molecule has 7 heteroatoms. The average molecular weight is 408 g/mol. The highest BCUT2D eigenvalue weighted by atomic mass is 79.9. The van der Waals surface area contributed by atoms with E-state index in [9.17, 15) is 14.4 Å². The fourth-order valence-electron chi connectivity index (χ4n) is 3.55. The highest BCUT2D eigenvalue weighted by molar-refractivity contribution is 9.10. The number of carbonyl (C=O) groups excluding carboxylic acids is 3. The maximum atomic E-state index is 12.9. The summed E-state index contributed by atoms with van der Waals surface area (Å²) in [4.78, 5) is 38.4. The minimum Gasteiger partial charge on any atom is -0.352 e. The Bertz CT molecular complexity index is 703. The molecular formula is C18H22BrN3O3. The van der Waals surface area contributed by atoms with E-state index < -0.39 is 17.5 Å². The molecule has 1 aliphatic carbocycles. The van der Waals surface area contributed by atoms with Crippen molar-refractivity contribution >= 4 is 33.8 Å². The lowest BCUT2D eigenvalue weighted by Crippen LogP contribution is -2.46. The minimum absolute atomic E-state index is 0.150. The van der Waals surface area contributed by atoms with Gasteiger partial charge in [-0.05, 0) is 25.8 Å². The van der Waals surface area contributed by atoms with Crippen molar-refractivity contribution in [2.75, 3.05) is 6.54 Å². The summed E-state index contributed by atoms with van der Waals surface area (Å²) in [6.07, 6.45) is 5.33. The van der Waals surface area contributed by atoms with Crippen LogP contribution in [0.5, 0.6) is 0 Å². The molecule has 1 aromatic rings. The molecule has 1 aromatic carbocycles. The second-order valence-corrected chi connectivity index (χ2v) is 7.68. The molecule has 2 fully saturated rings. The maximum absolute atomic E-state index is 12.9. The van der Waals surface area contributed by atoms with Crippen molar-refractivity contribution < 1.29 is 14.4 Å². The number of amides is 4. The molecule has 2 N–H and O–H groups in total. The van der Waals surface area contributed by atoms with Gasteiger partial charge in [0.05, 0.1) is 0 Å². The van der Waals surface area contributed by atoms with E-state index in [0.29, 0.717) is 5.56 Å². The van der Waals surface area contributed by atoms with Gasteiger partial charge in [0, 0.05) is 16.1 Å². The van der Waals surface area contributed by atoms with E-state index in [1.807, 2.05) is 18.2 Å². The zero-order valence-corrected chi connectivity index (χ0v) is 15.8. The van der Waals surface area contributed by atoms with Crippen LogP contribution in [-0.4, -0.2) is 35.3 Å². The second-order valence-electron chi connectivity index (χ2n) is 6.83. The third-order valence-corrected chi connectivity index (χ3v) is 5.65. The molecule has 1 atom stereocenters. The fraction of sp³-hybridized carbons (Fsp3) is 0.500. The number of rotatable bonds is 4. The van der Waals surface area contributed by atoms with Crippen molar-refractivity contribution in [3.63, 3.8) is 0 Å². The van der Waals surface area contributed by atoms with Gasteiger partial charge in [0.25, 0.3) is 5.91 Å². The van der Waals surface area contributed by atoms with Crippen LogP contribution in [0.2, 0.25) is 0 Å². The molecule has 1 heterocycles. The Morgan fingerprint density at radius 1 is 1.28 bits per heavy atom. The zero-order chi connectivity index (χ0) is 18.0. The summed E-state index contributed by atoms with van der Waals surface area (Å²) in [6, 6.07) is 6.86. The van der Waals surface area contributed by atoms with E-state index in [4.69, 9.17) is 0 Å². The standard InChI is InChI=1S/C18H22BrN3O3/c1-18(13-9-5-6-10-14(13)19)16(24)22(17(25)21-18)11-15(23)20-12-7-3-2-4-8-12/h5-6,9-10,12H,2-4,7-8,11H2,1H3,(H,20,23)(H,21,25). The van der Waals surface area contributed by atoms with Crippen molar-refractivity contribution in [2.24, 2.45) is 0 Å². The summed E-state index contributed by atoms with van der Waals surface area (Å²) in [5.41, 5.74) is -0.508. The zero-order valence-electron chi connectivity index (χ0n) is 14.2. The van der Waals surface area contributed by atoms with Crippen LogP contribution in [-0.2, 0) is 15.1 Å². The normalized spacial score (nSPS) is 24.3. The Morgan fingerprint density at radius 3 is 2.64 bits per heavy atom.